The summed E-state index contributed by atoms with van der Waals surface area (Å²) in [7, 11) is 0. The van der Waals surface area contributed by atoms with Gasteiger partial charge in [-0.15, -0.1) is 0 Å². The van der Waals surface area contributed by atoms with Crippen molar-refractivity contribution in [3.8, 4) is 22.8 Å². The van der Waals surface area contributed by atoms with Gasteiger partial charge in [-0.3, -0.25) is 0 Å². The Morgan fingerprint density at radius 3 is 2.20 bits per heavy atom. The highest BCUT2D eigenvalue weighted by atomic mass is 16.5. The summed E-state index contributed by atoms with van der Waals surface area (Å²) in [4.78, 5) is 4.44. The van der Waals surface area contributed by atoms with Crippen LogP contribution in [0.1, 0.15) is 11.1 Å². The van der Waals surface area contributed by atoms with E-state index in [0.29, 0.717) is 17.4 Å². The third-order valence-corrected chi connectivity index (χ3v) is 3.06. The Labute approximate surface area is 117 Å². The lowest BCUT2D eigenvalue weighted by atomic mass is 10.1. The molecule has 0 unspecified atom stereocenters. The van der Waals surface area contributed by atoms with Gasteiger partial charge in [0, 0.05) is 16.8 Å². The van der Waals surface area contributed by atoms with E-state index in [9.17, 15) is 0 Å². The van der Waals surface area contributed by atoms with Crippen molar-refractivity contribution in [3.05, 3.63) is 53.6 Å². The Bertz CT molecular complexity index is 724. The van der Waals surface area contributed by atoms with Crippen LogP contribution in [0.3, 0.4) is 0 Å². The summed E-state index contributed by atoms with van der Waals surface area (Å²) in [6.45, 7) is 4.10. The number of aromatic nitrogens is 2. The third-order valence-electron chi connectivity index (χ3n) is 3.06. The SMILES string of the molecule is Cc1cc(C)cc(-c2nc(-c3ccc(N)cc3)no2)c1. The van der Waals surface area contributed by atoms with Gasteiger partial charge in [0.2, 0.25) is 5.82 Å². The average Bonchev–Trinajstić information content (AvgIpc) is 2.88. The van der Waals surface area contributed by atoms with Gasteiger partial charge in [-0.05, 0) is 50.2 Å². The first-order chi connectivity index (χ1) is 9.61. The van der Waals surface area contributed by atoms with Crippen molar-refractivity contribution in [2.75, 3.05) is 5.73 Å². The molecule has 0 bridgehead atoms. The monoisotopic (exact) mass is 265 g/mol. The standard InChI is InChI=1S/C16H15N3O/c1-10-7-11(2)9-13(8-10)16-18-15(19-20-16)12-3-5-14(17)6-4-12/h3-9H,17H2,1-2H3. The highest BCUT2D eigenvalue weighted by Crippen LogP contribution is 2.24. The second kappa shape index (κ2) is 4.81. The highest BCUT2D eigenvalue weighted by molar-refractivity contribution is 5.62. The van der Waals surface area contributed by atoms with Crippen molar-refractivity contribution >= 4 is 5.69 Å². The largest absolute Gasteiger partial charge is 0.399 e. The fourth-order valence-corrected chi connectivity index (χ4v) is 2.19. The molecule has 4 heteroatoms. The topological polar surface area (TPSA) is 64.9 Å². The molecule has 0 saturated carbocycles. The second-order valence-corrected chi connectivity index (χ2v) is 4.92. The molecule has 0 amide bonds. The second-order valence-electron chi connectivity index (χ2n) is 4.92. The van der Waals surface area contributed by atoms with Crippen LogP contribution in [-0.2, 0) is 0 Å². The van der Waals surface area contributed by atoms with Crippen LogP contribution in [0.25, 0.3) is 22.8 Å². The fourth-order valence-electron chi connectivity index (χ4n) is 2.19. The fraction of sp³-hybridized carbons (Fsp3) is 0.125. The molecule has 0 aliphatic carbocycles. The Morgan fingerprint density at radius 1 is 0.900 bits per heavy atom. The zero-order valence-corrected chi connectivity index (χ0v) is 11.4. The van der Waals surface area contributed by atoms with E-state index in [1.807, 2.05) is 50.2 Å². The van der Waals surface area contributed by atoms with Crippen LogP contribution < -0.4 is 5.73 Å². The van der Waals surface area contributed by atoms with E-state index in [0.717, 1.165) is 11.1 Å². The summed E-state index contributed by atoms with van der Waals surface area (Å²) in [5.41, 5.74) is 10.6. The van der Waals surface area contributed by atoms with Crippen LogP contribution in [0.2, 0.25) is 0 Å². The van der Waals surface area contributed by atoms with E-state index in [1.165, 1.54) is 11.1 Å². The maximum Gasteiger partial charge on any atom is 0.258 e. The molecule has 4 nitrogen and oxygen atoms in total. The van der Waals surface area contributed by atoms with Crippen LogP contribution in [0.5, 0.6) is 0 Å². The first-order valence-electron chi connectivity index (χ1n) is 6.40. The molecule has 0 aliphatic rings. The van der Waals surface area contributed by atoms with E-state index >= 15 is 0 Å². The number of aryl methyl sites for hydroxylation is 2. The van der Waals surface area contributed by atoms with Gasteiger partial charge < -0.3 is 10.3 Å². The molecule has 3 aromatic rings. The molecule has 20 heavy (non-hydrogen) atoms. The number of hydrogen-bond acceptors (Lipinski definition) is 4. The molecule has 100 valence electrons. The van der Waals surface area contributed by atoms with Gasteiger partial charge in [0.1, 0.15) is 0 Å². The summed E-state index contributed by atoms with van der Waals surface area (Å²) in [5.74, 6) is 1.10. The Balaban J connectivity index is 1.99. The van der Waals surface area contributed by atoms with Crippen LogP contribution in [0, 0.1) is 13.8 Å². The predicted octanol–water partition coefficient (Wildman–Crippen LogP) is 3.60. The minimum Gasteiger partial charge on any atom is -0.399 e. The summed E-state index contributed by atoms with van der Waals surface area (Å²) < 4.78 is 5.35. The molecule has 2 N–H and O–H groups in total. The summed E-state index contributed by atoms with van der Waals surface area (Å²) in [6, 6.07) is 13.6. The zero-order chi connectivity index (χ0) is 14.1. The number of nitrogens with two attached hydrogens (primary N) is 1. The Morgan fingerprint density at radius 2 is 1.55 bits per heavy atom. The molecule has 0 saturated heterocycles. The van der Waals surface area contributed by atoms with Crippen LogP contribution in [0.4, 0.5) is 5.69 Å². The number of rotatable bonds is 2. The van der Waals surface area contributed by atoms with Crippen molar-refractivity contribution < 1.29 is 4.52 Å². The minimum atomic E-state index is 0.531. The van der Waals surface area contributed by atoms with E-state index < -0.39 is 0 Å². The van der Waals surface area contributed by atoms with Crippen molar-refractivity contribution in [2.24, 2.45) is 0 Å². The van der Waals surface area contributed by atoms with Crippen LogP contribution >= 0.6 is 0 Å². The first-order valence-corrected chi connectivity index (χ1v) is 6.40. The van der Waals surface area contributed by atoms with Crippen LogP contribution in [0.15, 0.2) is 47.0 Å². The van der Waals surface area contributed by atoms with Gasteiger partial charge in [-0.2, -0.15) is 4.98 Å². The third kappa shape index (κ3) is 2.40. The summed E-state index contributed by atoms with van der Waals surface area (Å²) >= 11 is 0. The van der Waals surface area contributed by atoms with Gasteiger partial charge in [0.15, 0.2) is 0 Å². The Hall–Kier alpha value is -2.62. The van der Waals surface area contributed by atoms with Crippen molar-refractivity contribution in [2.45, 2.75) is 13.8 Å². The molecule has 0 spiro atoms. The molecular weight excluding hydrogens is 250 g/mol. The molecule has 0 fully saturated rings. The van der Waals surface area contributed by atoms with Gasteiger partial charge in [0.05, 0.1) is 0 Å². The number of hydrogen-bond donors (Lipinski definition) is 1. The van der Waals surface area contributed by atoms with Crippen molar-refractivity contribution in [1.29, 1.82) is 0 Å². The van der Waals surface area contributed by atoms with Gasteiger partial charge >= 0.3 is 0 Å². The lowest BCUT2D eigenvalue weighted by Crippen LogP contribution is -1.86. The quantitative estimate of drug-likeness (QED) is 0.719. The van der Waals surface area contributed by atoms with Gasteiger partial charge in [-0.1, -0.05) is 22.3 Å². The molecule has 1 aromatic heterocycles. The number of nitrogens with zero attached hydrogens (tertiary/aromatic N) is 2. The first kappa shape index (κ1) is 12.4. The highest BCUT2D eigenvalue weighted by Gasteiger charge is 2.11. The maximum atomic E-state index is 5.67. The Kier molecular flexibility index (Phi) is 2.99. The summed E-state index contributed by atoms with van der Waals surface area (Å²) in [6.07, 6.45) is 0. The zero-order valence-electron chi connectivity index (χ0n) is 11.4. The summed E-state index contributed by atoms with van der Waals surface area (Å²) in [5, 5.41) is 4.02. The van der Waals surface area contributed by atoms with Crippen molar-refractivity contribution in [1.82, 2.24) is 10.1 Å². The lowest BCUT2D eigenvalue weighted by Gasteiger charge is -1.99. The number of benzene rings is 2. The van der Waals surface area contributed by atoms with Gasteiger partial charge in [0.25, 0.3) is 5.89 Å². The minimum absolute atomic E-state index is 0.531. The number of anilines is 1. The van der Waals surface area contributed by atoms with Crippen molar-refractivity contribution in [3.63, 3.8) is 0 Å². The molecule has 3 rings (SSSR count). The van der Waals surface area contributed by atoms with Gasteiger partial charge in [-0.25, -0.2) is 0 Å². The smallest absolute Gasteiger partial charge is 0.258 e. The molecular formula is C16H15N3O. The van der Waals surface area contributed by atoms with E-state index in [2.05, 4.69) is 16.2 Å². The van der Waals surface area contributed by atoms with E-state index in [1.54, 1.807) is 0 Å². The molecule has 0 atom stereocenters. The predicted molar refractivity (Wildman–Crippen MR) is 79.1 cm³/mol. The lowest BCUT2D eigenvalue weighted by molar-refractivity contribution is 0.432. The maximum absolute atomic E-state index is 5.67. The molecule has 1 heterocycles. The molecule has 2 aromatic carbocycles. The number of nitrogen functional groups attached to an aromatic ring is 1. The van der Waals surface area contributed by atoms with E-state index in [-0.39, 0.29) is 0 Å². The average molecular weight is 265 g/mol. The normalized spacial score (nSPS) is 10.7. The molecule has 0 aliphatic heterocycles. The van der Waals surface area contributed by atoms with E-state index in [4.69, 9.17) is 10.3 Å². The van der Waals surface area contributed by atoms with Crippen LogP contribution in [-0.4, -0.2) is 10.1 Å². The molecule has 0 radical (unpaired) electrons.